The molecule has 0 N–H and O–H groups in total. The molecule has 0 bridgehead atoms. The van der Waals surface area contributed by atoms with E-state index in [1.807, 2.05) is 13.8 Å². The zero-order valence-electron chi connectivity index (χ0n) is 12.3. The first kappa shape index (κ1) is 15.1. The van der Waals surface area contributed by atoms with Crippen molar-refractivity contribution in [2.24, 2.45) is 0 Å². The second-order valence-corrected chi connectivity index (χ2v) is 4.87. The van der Waals surface area contributed by atoms with Crippen LogP contribution in [0.3, 0.4) is 0 Å². The van der Waals surface area contributed by atoms with Crippen molar-refractivity contribution < 1.29 is 13.9 Å². The highest BCUT2D eigenvalue weighted by Gasteiger charge is 2.17. The highest BCUT2D eigenvalue weighted by molar-refractivity contribution is 5.91. The quantitative estimate of drug-likeness (QED) is 0.807. The fraction of sp³-hybridized carbons (Fsp3) is 0.312. The third-order valence-electron chi connectivity index (χ3n) is 2.96. The van der Waals surface area contributed by atoms with Crippen LogP contribution in [0.1, 0.15) is 42.7 Å². The van der Waals surface area contributed by atoms with Gasteiger partial charge in [-0.25, -0.2) is 9.18 Å². The maximum Gasteiger partial charge on any atom is 0.339 e. The Morgan fingerprint density at radius 2 is 1.95 bits per heavy atom. The van der Waals surface area contributed by atoms with Crippen LogP contribution < -0.4 is 0 Å². The molecule has 0 saturated carbocycles. The number of aromatic nitrogens is 2. The molecule has 0 aliphatic carbocycles. The van der Waals surface area contributed by atoms with E-state index in [9.17, 15) is 9.18 Å². The van der Waals surface area contributed by atoms with Gasteiger partial charge in [-0.2, -0.15) is 0 Å². The van der Waals surface area contributed by atoms with Gasteiger partial charge in [-0.05, 0) is 37.1 Å². The summed E-state index contributed by atoms with van der Waals surface area (Å²) in [7, 11) is 0. The lowest BCUT2D eigenvalue weighted by molar-refractivity contribution is 0.0524. The van der Waals surface area contributed by atoms with Gasteiger partial charge in [0, 0.05) is 0 Å². The zero-order valence-corrected chi connectivity index (χ0v) is 12.3. The molecule has 0 spiro atoms. The number of ether oxygens (including phenoxy) is 1. The Balaban J connectivity index is 2.45. The molecule has 110 valence electrons. The molecule has 21 heavy (non-hydrogen) atoms. The van der Waals surface area contributed by atoms with Crippen LogP contribution in [0.2, 0.25) is 0 Å². The van der Waals surface area contributed by atoms with Crippen LogP contribution in [0.5, 0.6) is 0 Å². The van der Waals surface area contributed by atoms with E-state index in [0.717, 1.165) is 6.20 Å². The number of carbonyl (C=O) groups is 1. The molecule has 0 aliphatic heterocycles. The van der Waals surface area contributed by atoms with Crippen LogP contribution in [-0.2, 0) is 4.74 Å². The van der Waals surface area contributed by atoms with E-state index in [4.69, 9.17) is 4.74 Å². The van der Waals surface area contributed by atoms with Crippen LogP contribution in [0.25, 0.3) is 11.4 Å². The van der Waals surface area contributed by atoms with Gasteiger partial charge in [-0.15, -0.1) is 0 Å². The summed E-state index contributed by atoms with van der Waals surface area (Å²) in [5.74, 6) is -0.719. The van der Waals surface area contributed by atoms with Crippen molar-refractivity contribution in [2.45, 2.75) is 26.7 Å². The summed E-state index contributed by atoms with van der Waals surface area (Å²) in [6, 6.07) is 6.27. The van der Waals surface area contributed by atoms with Crippen molar-refractivity contribution in [2.75, 3.05) is 6.61 Å². The number of carbonyl (C=O) groups excluding carboxylic acids is 1. The monoisotopic (exact) mass is 288 g/mol. The van der Waals surface area contributed by atoms with Gasteiger partial charge in [0.05, 0.1) is 35.4 Å². The summed E-state index contributed by atoms with van der Waals surface area (Å²) in [4.78, 5) is 20.4. The Hall–Kier alpha value is -2.30. The average Bonchev–Trinajstić information content (AvgIpc) is 2.47. The SMILES string of the molecule is CCOC(=O)c1ccc(-c2ccc(F)cn2)nc1C(C)C. The summed E-state index contributed by atoms with van der Waals surface area (Å²) < 4.78 is 18.0. The number of hydrogen-bond acceptors (Lipinski definition) is 4. The number of pyridine rings is 2. The van der Waals surface area contributed by atoms with Crippen molar-refractivity contribution in [3.05, 3.63) is 47.5 Å². The number of rotatable bonds is 4. The summed E-state index contributed by atoms with van der Waals surface area (Å²) in [6.45, 7) is 5.98. The van der Waals surface area contributed by atoms with E-state index >= 15 is 0 Å². The molecule has 5 heteroatoms. The van der Waals surface area contributed by atoms with E-state index in [0.29, 0.717) is 29.3 Å². The van der Waals surface area contributed by atoms with Gasteiger partial charge in [-0.3, -0.25) is 9.97 Å². The van der Waals surface area contributed by atoms with Gasteiger partial charge in [0.1, 0.15) is 5.82 Å². The van der Waals surface area contributed by atoms with Gasteiger partial charge in [-0.1, -0.05) is 13.8 Å². The van der Waals surface area contributed by atoms with Crippen molar-refractivity contribution >= 4 is 5.97 Å². The first-order valence-corrected chi connectivity index (χ1v) is 6.83. The lowest BCUT2D eigenvalue weighted by Crippen LogP contribution is -2.11. The molecular weight excluding hydrogens is 271 g/mol. The van der Waals surface area contributed by atoms with E-state index in [1.165, 1.54) is 6.07 Å². The maximum absolute atomic E-state index is 12.9. The Kier molecular flexibility index (Phi) is 4.62. The van der Waals surface area contributed by atoms with Crippen LogP contribution in [0.4, 0.5) is 4.39 Å². The van der Waals surface area contributed by atoms with Crippen molar-refractivity contribution in [3.63, 3.8) is 0 Å². The minimum absolute atomic E-state index is 0.0600. The molecule has 0 atom stereocenters. The molecule has 0 aliphatic rings. The predicted molar refractivity (Wildman–Crippen MR) is 77.5 cm³/mol. The van der Waals surface area contributed by atoms with Gasteiger partial charge >= 0.3 is 5.97 Å². The Labute approximate surface area is 123 Å². The molecule has 0 radical (unpaired) electrons. The lowest BCUT2D eigenvalue weighted by atomic mass is 10.0. The van der Waals surface area contributed by atoms with Crippen LogP contribution in [0, 0.1) is 5.82 Å². The fourth-order valence-electron chi connectivity index (χ4n) is 1.97. The van der Waals surface area contributed by atoms with Gasteiger partial charge in [0.25, 0.3) is 0 Å². The van der Waals surface area contributed by atoms with Crippen LogP contribution in [0.15, 0.2) is 30.5 Å². The third kappa shape index (κ3) is 3.42. The number of nitrogens with zero attached hydrogens (tertiary/aromatic N) is 2. The number of hydrogen-bond donors (Lipinski definition) is 0. The largest absolute Gasteiger partial charge is 0.462 e. The molecule has 0 amide bonds. The number of esters is 1. The molecule has 0 aromatic carbocycles. The molecule has 0 fully saturated rings. The first-order chi connectivity index (χ1) is 10.0. The van der Waals surface area contributed by atoms with Gasteiger partial charge < -0.3 is 4.74 Å². The second-order valence-electron chi connectivity index (χ2n) is 4.87. The topological polar surface area (TPSA) is 52.1 Å². The summed E-state index contributed by atoms with van der Waals surface area (Å²) in [6.07, 6.45) is 1.14. The Morgan fingerprint density at radius 1 is 1.24 bits per heavy atom. The molecule has 0 unspecified atom stereocenters. The third-order valence-corrected chi connectivity index (χ3v) is 2.96. The molecule has 2 rings (SSSR count). The van der Waals surface area contributed by atoms with Crippen LogP contribution >= 0.6 is 0 Å². The first-order valence-electron chi connectivity index (χ1n) is 6.83. The summed E-state index contributed by atoms with van der Waals surface area (Å²) in [5.41, 5.74) is 2.27. The lowest BCUT2D eigenvalue weighted by Gasteiger charge is -2.12. The predicted octanol–water partition coefficient (Wildman–Crippen LogP) is 3.58. The Morgan fingerprint density at radius 3 is 2.52 bits per heavy atom. The molecule has 2 aromatic heterocycles. The van der Waals surface area contributed by atoms with E-state index in [-0.39, 0.29) is 11.9 Å². The molecule has 2 heterocycles. The Bertz CT molecular complexity index is 639. The average molecular weight is 288 g/mol. The van der Waals surface area contributed by atoms with Crippen molar-refractivity contribution in [3.8, 4) is 11.4 Å². The van der Waals surface area contributed by atoms with Crippen molar-refractivity contribution in [1.29, 1.82) is 0 Å². The summed E-state index contributed by atoms with van der Waals surface area (Å²) >= 11 is 0. The fourth-order valence-corrected chi connectivity index (χ4v) is 1.97. The van der Waals surface area contributed by atoms with E-state index in [1.54, 1.807) is 25.1 Å². The smallest absolute Gasteiger partial charge is 0.339 e. The molecule has 2 aromatic rings. The van der Waals surface area contributed by atoms with Gasteiger partial charge in [0.2, 0.25) is 0 Å². The van der Waals surface area contributed by atoms with Crippen LogP contribution in [-0.4, -0.2) is 22.5 Å². The second kappa shape index (κ2) is 6.43. The minimum atomic E-state index is -0.397. The zero-order chi connectivity index (χ0) is 15.4. The highest BCUT2D eigenvalue weighted by atomic mass is 19.1. The summed E-state index contributed by atoms with van der Waals surface area (Å²) in [5, 5.41) is 0. The molecular formula is C16H17FN2O2. The standard InChI is InChI=1S/C16H17FN2O2/c1-4-21-16(20)12-6-8-14(19-15(12)10(2)3)13-7-5-11(17)9-18-13/h5-10H,4H2,1-3H3. The van der Waals surface area contributed by atoms with E-state index < -0.39 is 5.82 Å². The molecule has 4 nitrogen and oxygen atoms in total. The van der Waals surface area contributed by atoms with Gasteiger partial charge in [0.15, 0.2) is 0 Å². The minimum Gasteiger partial charge on any atom is -0.462 e. The highest BCUT2D eigenvalue weighted by Crippen LogP contribution is 2.23. The normalized spacial score (nSPS) is 10.7. The number of halogens is 1. The maximum atomic E-state index is 12.9. The molecule has 0 saturated heterocycles. The van der Waals surface area contributed by atoms with E-state index in [2.05, 4.69) is 9.97 Å². The van der Waals surface area contributed by atoms with Crippen molar-refractivity contribution in [1.82, 2.24) is 9.97 Å².